The van der Waals surface area contributed by atoms with Gasteiger partial charge in [0.15, 0.2) is 0 Å². The first-order valence-corrected chi connectivity index (χ1v) is 7.07. The summed E-state index contributed by atoms with van der Waals surface area (Å²) in [5.41, 5.74) is 2.86. The number of methoxy groups -OCH3 is 1. The van der Waals surface area contributed by atoms with Crippen molar-refractivity contribution in [2.75, 3.05) is 13.4 Å². The molecule has 19 heavy (non-hydrogen) atoms. The number of rotatable bonds is 3. The number of nitrogens with zero attached hydrogens (tertiary/aromatic N) is 2. The third-order valence-corrected chi connectivity index (χ3v) is 3.70. The van der Waals surface area contributed by atoms with Crippen LogP contribution < -0.4 is 4.74 Å². The maximum atomic E-state index is 5.33. The van der Waals surface area contributed by atoms with Gasteiger partial charge in [-0.05, 0) is 24.5 Å². The van der Waals surface area contributed by atoms with E-state index in [0.717, 1.165) is 22.2 Å². The molecule has 0 fully saturated rings. The maximum Gasteiger partial charge on any atom is 0.224 e. The maximum absolute atomic E-state index is 5.33. The number of thioether (sulfide) groups is 1. The molecule has 2 aromatic heterocycles. The minimum absolute atomic E-state index is 0.593. The highest BCUT2D eigenvalue weighted by molar-refractivity contribution is 7.98. The summed E-state index contributed by atoms with van der Waals surface area (Å²) in [4.78, 5) is 5.44. The number of hydrogen-bond acceptors (Lipinski definition) is 4. The van der Waals surface area contributed by atoms with E-state index in [1.165, 1.54) is 4.90 Å². The Kier molecular flexibility index (Phi) is 3.13. The van der Waals surface area contributed by atoms with Gasteiger partial charge in [0.2, 0.25) is 5.88 Å². The number of ether oxygens (including phenoxy) is 1. The largest absolute Gasteiger partial charge is 0.480 e. The smallest absolute Gasteiger partial charge is 0.224 e. The molecule has 0 radical (unpaired) electrons. The normalized spacial score (nSPS) is 10.8. The second-order valence-corrected chi connectivity index (χ2v) is 4.93. The number of aromatic nitrogens is 3. The predicted octanol–water partition coefficient (Wildman–Crippen LogP) is 3.36. The Morgan fingerprint density at radius 2 is 2.16 bits per heavy atom. The lowest BCUT2D eigenvalue weighted by molar-refractivity contribution is 0.403. The van der Waals surface area contributed by atoms with E-state index in [0.29, 0.717) is 5.88 Å². The third-order valence-electron chi connectivity index (χ3n) is 2.98. The fourth-order valence-electron chi connectivity index (χ4n) is 2.07. The van der Waals surface area contributed by atoms with Gasteiger partial charge in [0.1, 0.15) is 5.69 Å². The summed E-state index contributed by atoms with van der Waals surface area (Å²) in [6.45, 7) is 0. The van der Waals surface area contributed by atoms with Crippen molar-refractivity contribution in [1.82, 2.24) is 15.2 Å². The highest BCUT2D eigenvalue weighted by atomic mass is 32.2. The topological polar surface area (TPSA) is 50.8 Å². The molecule has 0 atom stereocenters. The monoisotopic (exact) mass is 271 g/mol. The number of benzene rings is 1. The number of fused-ring (bicyclic) bond motifs is 1. The SMILES string of the molecule is COc1nccc2[nH]nc(-c3cccc(SC)c3)c12. The van der Waals surface area contributed by atoms with Crippen LogP contribution in [0.3, 0.4) is 0 Å². The standard InChI is InChI=1S/C14H13N3OS/c1-18-14-12-11(6-7-15-14)16-17-13(12)9-4-3-5-10(8-9)19-2/h3-8H,1-2H3,(H,16,17). The van der Waals surface area contributed by atoms with E-state index in [1.807, 2.05) is 18.2 Å². The van der Waals surface area contributed by atoms with Gasteiger partial charge in [0.05, 0.1) is 18.0 Å². The molecular formula is C14H13N3OS. The molecule has 0 saturated carbocycles. The van der Waals surface area contributed by atoms with Crippen LogP contribution in [0.2, 0.25) is 0 Å². The summed E-state index contributed by atoms with van der Waals surface area (Å²) in [5.74, 6) is 0.593. The molecule has 1 aromatic carbocycles. The molecule has 3 rings (SSSR count). The first kappa shape index (κ1) is 12.0. The summed E-state index contributed by atoms with van der Waals surface area (Å²) in [7, 11) is 1.62. The highest BCUT2D eigenvalue weighted by Crippen LogP contribution is 2.33. The molecule has 1 N–H and O–H groups in total. The number of nitrogens with one attached hydrogen (secondary N) is 1. The molecule has 0 amide bonds. The van der Waals surface area contributed by atoms with Gasteiger partial charge in [0, 0.05) is 16.7 Å². The van der Waals surface area contributed by atoms with Crippen molar-refractivity contribution in [3.63, 3.8) is 0 Å². The minimum atomic E-state index is 0.593. The predicted molar refractivity (Wildman–Crippen MR) is 77.7 cm³/mol. The number of pyridine rings is 1. The van der Waals surface area contributed by atoms with Crippen LogP contribution in [0.1, 0.15) is 0 Å². The number of hydrogen-bond donors (Lipinski definition) is 1. The molecule has 96 valence electrons. The van der Waals surface area contributed by atoms with Gasteiger partial charge in [-0.3, -0.25) is 5.10 Å². The minimum Gasteiger partial charge on any atom is -0.480 e. The van der Waals surface area contributed by atoms with Crippen molar-refractivity contribution in [2.45, 2.75) is 4.90 Å². The van der Waals surface area contributed by atoms with Gasteiger partial charge in [0.25, 0.3) is 0 Å². The van der Waals surface area contributed by atoms with Crippen LogP contribution in [0.25, 0.3) is 22.2 Å². The summed E-state index contributed by atoms with van der Waals surface area (Å²) >= 11 is 1.71. The Hall–Kier alpha value is -2.01. The van der Waals surface area contributed by atoms with Crippen LogP contribution in [-0.4, -0.2) is 28.5 Å². The van der Waals surface area contributed by atoms with Gasteiger partial charge >= 0.3 is 0 Å². The molecule has 3 aromatic rings. The van der Waals surface area contributed by atoms with Crippen molar-refractivity contribution >= 4 is 22.7 Å². The number of H-pyrrole nitrogens is 1. The summed E-state index contributed by atoms with van der Waals surface area (Å²) < 4.78 is 5.33. The Balaban J connectivity index is 2.24. The molecule has 0 aliphatic heterocycles. The number of aromatic amines is 1. The second-order valence-electron chi connectivity index (χ2n) is 4.05. The first-order chi connectivity index (χ1) is 9.33. The van der Waals surface area contributed by atoms with Crippen LogP contribution >= 0.6 is 11.8 Å². The summed E-state index contributed by atoms with van der Waals surface area (Å²) in [6.07, 6.45) is 3.77. The van der Waals surface area contributed by atoms with E-state index in [4.69, 9.17) is 4.74 Å². The van der Waals surface area contributed by atoms with Crippen molar-refractivity contribution in [3.05, 3.63) is 36.5 Å². The van der Waals surface area contributed by atoms with Crippen molar-refractivity contribution in [1.29, 1.82) is 0 Å². The summed E-state index contributed by atoms with van der Waals surface area (Å²) in [6, 6.07) is 10.2. The van der Waals surface area contributed by atoms with Crippen LogP contribution in [0.4, 0.5) is 0 Å². The van der Waals surface area contributed by atoms with Gasteiger partial charge in [-0.15, -0.1) is 11.8 Å². The van der Waals surface area contributed by atoms with E-state index in [-0.39, 0.29) is 0 Å². The van der Waals surface area contributed by atoms with Crippen molar-refractivity contribution in [2.24, 2.45) is 0 Å². The fourth-order valence-corrected chi connectivity index (χ4v) is 2.53. The fraction of sp³-hybridized carbons (Fsp3) is 0.143. The molecular weight excluding hydrogens is 258 g/mol. The quantitative estimate of drug-likeness (QED) is 0.742. The first-order valence-electron chi connectivity index (χ1n) is 5.85. The lowest BCUT2D eigenvalue weighted by atomic mass is 10.1. The zero-order valence-electron chi connectivity index (χ0n) is 10.7. The van der Waals surface area contributed by atoms with Crippen LogP contribution in [0.5, 0.6) is 5.88 Å². The molecule has 4 nitrogen and oxygen atoms in total. The Morgan fingerprint density at radius 1 is 1.26 bits per heavy atom. The van der Waals surface area contributed by atoms with Crippen LogP contribution in [0, 0.1) is 0 Å². The van der Waals surface area contributed by atoms with E-state index >= 15 is 0 Å². The van der Waals surface area contributed by atoms with E-state index in [1.54, 1.807) is 25.1 Å². The summed E-state index contributed by atoms with van der Waals surface area (Å²) in [5, 5.41) is 8.34. The Labute approximate surface area is 115 Å². The van der Waals surface area contributed by atoms with Crippen molar-refractivity contribution in [3.8, 4) is 17.1 Å². The van der Waals surface area contributed by atoms with Gasteiger partial charge < -0.3 is 4.74 Å². The van der Waals surface area contributed by atoms with E-state index in [9.17, 15) is 0 Å². The zero-order valence-corrected chi connectivity index (χ0v) is 11.5. The molecule has 0 saturated heterocycles. The molecule has 2 heterocycles. The second kappa shape index (κ2) is 4.93. The van der Waals surface area contributed by atoms with Crippen LogP contribution in [-0.2, 0) is 0 Å². The zero-order chi connectivity index (χ0) is 13.2. The highest BCUT2D eigenvalue weighted by Gasteiger charge is 2.13. The average molecular weight is 271 g/mol. The van der Waals surface area contributed by atoms with Crippen LogP contribution in [0.15, 0.2) is 41.4 Å². The Morgan fingerprint density at radius 3 is 2.95 bits per heavy atom. The molecule has 0 unspecified atom stereocenters. The van der Waals surface area contributed by atoms with Gasteiger partial charge in [-0.25, -0.2) is 4.98 Å². The lowest BCUT2D eigenvalue weighted by Crippen LogP contribution is -1.88. The van der Waals surface area contributed by atoms with E-state index in [2.05, 4.69) is 33.6 Å². The molecule has 5 heteroatoms. The van der Waals surface area contributed by atoms with Gasteiger partial charge in [-0.2, -0.15) is 5.10 Å². The third kappa shape index (κ3) is 2.06. The average Bonchev–Trinajstić information content (AvgIpc) is 2.91. The molecule has 0 aliphatic carbocycles. The molecule has 0 spiro atoms. The molecule has 0 aliphatic rings. The lowest BCUT2D eigenvalue weighted by Gasteiger charge is -2.03. The van der Waals surface area contributed by atoms with E-state index < -0.39 is 0 Å². The van der Waals surface area contributed by atoms with Crippen molar-refractivity contribution < 1.29 is 4.74 Å². The molecule has 0 bridgehead atoms. The Bertz CT molecular complexity index is 724. The van der Waals surface area contributed by atoms with Gasteiger partial charge in [-0.1, -0.05) is 12.1 Å².